The number of nitrogens with one attached hydrogen (secondary N) is 2. The molecule has 1 fully saturated rings. The quantitative estimate of drug-likeness (QED) is 0.134. The van der Waals surface area contributed by atoms with E-state index in [2.05, 4.69) is 25.4 Å². The minimum Gasteiger partial charge on any atom is -0.477 e. The molecule has 0 bridgehead atoms. The number of fused-ring (bicyclic) bond motifs is 2. The summed E-state index contributed by atoms with van der Waals surface area (Å²) >= 11 is 2.45. The van der Waals surface area contributed by atoms with Crippen molar-refractivity contribution in [1.29, 1.82) is 0 Å². The molecule has 1 saturated heterocycles. The van der Waals surface area contributed by atoms with E-state index in [1.165, 1.54) is 23.8 Å². The van der Waals surface area contributed by atoms with Crippen LogP contribution in [-0.4, -0.2) is 73.4 Å². The number of aromatic amines is 1. The van der Waals surface area contributed by atoms with Crippen molar-refractivity contribution in [3.8, 4) is 0 Å². The van der Waals surface area contributed by atoms with Gasteiger partial charge in [0.15, 0.2) is 29.8 Å². The van der Waals surface area contributed by atoms with Crippen molar-refractivity contribution in [2.45, 2.75) is 25.6 Å². The third kappa shape index (κ3) is 4.72. The van der Waals surface area contributed by atoms with Crippen LogP contribution in [0.4, 0.5) is 5.13 Å². The number of thioether (sulfide) groups is 1. The number of hydrogen-bond donors (Lipinski definition) is 4. The molecule has 0 spiro atoms. The summed E-state index contributed by atoms with van der Waals surface area (Å²) < 4.78 is 1.93. The van der Waals surface area contributed by atoms with Crippen molar-refractivity contribution in [1.82, 2.24) is 25.2 Å². The Balaban J connectivity index is 1.30. The molecule has 5 heterocycles. The Morgan fingerprint density at radius 3 is 2.97 bits per heavy atom. The first-order chi connectivity index (χ1) is 18.3. The normalized spacial score (nSPS) is 19.6. The van der Waals surface area contributed by atoms with E-state index in [9.17, 15) is 19.5 Å². The summed E-state index contributed by atoms with van der Waals surface area (Å²) in [6.07, 6.45) is 7.34. The van der Waals surface area contributed by atoms with Crippen LogP contribution in [0.5, 0.6) is 0 Å². The topological polar surface area (TPSA) is 180 Å². The van der Waals surface area contributed by atoms with Gasteiger partial charge < -0.3 is 26.0 Å². The zero-order valence-corrected chi connectivity index (χ0v) is 21.9. The third-order valence-corrected chi connectivity index (χ3v) is 7.76. The highest BCUT2D eigenvalue weighted by atomic mass is 32.2. The van der Waals surface area contributed by atoms with Crippen LogP contribution in [0.25, 0.3) is 11.0 Å². The van der Waals surface area contributed by atoms with E-state index in [0.717, 1.165) is 28.2 Å². The first-order valence-corrected chi connectivity index (χ1v) is 13.2. The van der Waals surface area contributed by atoms with E-state index in [1.807, 2.05) is 36.0 Å². The summed E-state index contributed by atoms with van der Waals surface area (Å²) in [5, 5.41) is 18.1. The molecule has 0 radical (unpaired) electrons. The average Bonchev–Trinajstić information content (AvgIpc) is 3.48. The van der Waals surface area contributed by atoms with Gasteiger partial charge in [-0.15, -0.1) is 23.1 Å². The zero-order chi connectivity index (χ0) is 27.0. The van der Waals surface area contributed by atoms with Crippen LogP contribution >= 0.6 is 23.1 Å². The number of aromatic nitrogens is 4. The number of hydrogen-bond acceptors (Lipinski definition) is 10. The maximum atomic E-state index is 13.0. The van der Waals surface area contributed by atoms with E-state index < -0.39 is 29.9 Å². The van der Waals surface area contributed by atoms with Gasteiger partial charge in [0.1, 0.15) is 41.4 Å². The van der Waals surface area contributed by atoms with E-state index in [0.29, 0.717) is 17.2 Å². The molecule has 5 rings (SSSR count). The number of nitrogen functional groups attached to an aromatic ring is 1. The molecule has 13 nitrogen and oxygen atoms in total. The number of carbonyl (C=O) groups excluding carboxylic acids is 2. The lowest BCUT2D eigenvalue weighted by atomic mass is 9.94. The summed E-state index contributed by atoms with van der Waals surface area (Å²) in [6, 6.07) is 0.464. The lowest BCUT2D eigenvalue weighted by Crippen LogP contribution is -2.73. The maximum absolute atomic E-state index is 13.0. The number of anilines is 1. The minimum atomic E-state index is -1.22. The Bertz CT molecular complexity index is 1540. The van der Waals surface area contributed by atoms with Crippen LogP contribution in [0, 0.1) is 6.92 Å². The van der Waals surface area contributed by atoms with Crippen LogP contribution in [0.2, 0.25) is 0 Å². The van der Waals surface area contributed by atoms with Gasteiger partial charge in [-0.3, -0.25) is 14.5 Å². The summed E-state index contributed by atoms with van der Waals surface area (Å²) in [6.45, 7) is 2.37. The fraction of sp³-hybridized carbons (Fsp3) is 0.261. The Morgan fingerprint density at radius 1 is 1.45 bits per heavy atom. The lowest BCUT2D eigenvalue weighted by molar-refractivity contribution is -0.685. The van der Waals surface area contributed by atoms with Crippen LogP contribution in [-0.2, 0) is 25.8 Å². The van der Waals surface area contributed by atoms with Crippen molar-refractivity contribution in [2.75, 3.05) is 18.6 Å². The average molecular weight is 556 g/mol. The number of nitrogens with zero attached hydrogens (tertiary/aromatic N) is 5. The van der Waals surface area contributed by atoms with Gasteiger partial charge in [0.2, 0.25) is 0 Å². The minimum absolute atomic E-state index is 0.110. The second-order valence-electron chi connectivity index (χ2n) is 8.41. The molecular formula is C23H23N8O5S2+. The number of aliphatic carboxylic acids is 1. The number of H-pyrrole nitrogens is 1. The number of oxime groups is 1. The Hall–Kier alpha value is -4.24. The van der Waals surface area contributed by atoms with Gasteiger partial charge in [0.05, 0.1) is 6.04 Å². The molecule has 0 aromatic carbocycles. The fourth-order valence-corrected chi connectivity index (χ4v) is 6.03. The molecule has 2 amide bonds. The number of allylic oxidation sites excluding steroid dienone is 2. The zero-order valence-electron chi connectivity index (χ0n) is 20.2. The molecule has 3 aromatic rings. The molecular weight excluding hydrogens is 532 g/mol. The van der Waals surface area contributed by atoms with E-state index in [1.54, 1.807) is 11.5 Å². The Kier molecular flexibility index (Phi) is 6.86. The number of rotatable bonds is 8. The number of imidazole rings is 1. The highest BCUT2D eigenvalue weighted by Crippen LogP contribution is 2.39. The molecule has 38 heavy (non-hydrogen) atoms. The molecule has 15 heteroatoms. The Morgan fingerprint density at radius 2 is 2.26 bits per heavy atom. The van der Waals surface area contributed by atoms with Crippen molar-refractivity contribution in [2.24, 2.45) is 5.16 Å². The predicted molar refractivity (Wildman–Crippen MR) is 140 cm³/mol. The van der Waals surface area contributed by atoms with Gasteiger partial charge in [-0.2, -0.15) is 4.57 Å². The molecule has 2 atom stereocenters. The predicted octanol–water partition coefficient (Wildman–Crippen LogP) is 0.543. The van der Waals surface area contributed by atoms with Crippen LogP contribution in [0.3, 0.4) is 0 Å². The fourth-order valence-electron chi connectivity index (χ4n) is 4.27. The van der Waals surface area contributed by atoms with Gasteiger partial charge in [-0.25, -0.2) is 14.8 Å². The lowest BCUT2D eigenvalue weighted by Gasteiger charge is -2.49. The van der Waals surface area contributed by atoms with Gasteiger partial charge in [0, 0.05) is 22.1 Å². The molecule has 2 aliphatic heterocycles. The number of pyridine rings is 1. The van der Waals surface area contributed by atoms with Gasteiger partial charge in [0.25, 0.3) is 11.8 Å². The van der Waals surface area contributed by atoms with Crippen LogP contribution in [0.1, 0.15) is 11.5 Å². The van der Waals surface area contributed by atoms with Crippen molar-refractivity contribution < 1.29 is 28.9 Å². The highest BCUT2D eigenvalue weighted by molar-refractivity contribution is 8.03. The highest BCUT2D eigenvalue weighted by Gasteiger charge is 2.54. The summed E-state index contributed by atoms with van der Waals surface area (Å²) in [7, 11) is 1.28. The maximum Gasteiger partial charge on any atom is 0.353 e. The van der Waals surface area contributed by atoms with Crippen molar-refractivity contribution in [3.63, 3.8) is 0 Å². The molecule has 0 saturated carbocycles. The number of amides is 2. The third-order valence-electron chi connectivity index (χ3n) is 5.94. The number of β-lactam (4-membered cyclic amide) rings is 1. The van der Waals surface area contributed by atoms with E-state index >= 15 is 0 Å². The van der Waals surface area contributed by atoms with Gasteiger partial charge >= 0.3 is 5.97 Å². The number of carboxylic acids is 1. The second-order valence-corrected chi connectivity index (χ2v) is 10.4. The Labute approximate surface area is 224 Å². The van der Waals surface area contributed by atoms with E-state index in [4.69, 9.17) is 10.6 Å². The summed E-state index contributed by atoms with van der Waals surface area (Å²) in [4.78, 5) is 56.1. The largest absolute Gasteiger partial charge is 0.477 e. The van der Waals surface area contributed by atoms with Crippen LogP contribution < -0.4 is 15.6 Å². The summed E-state index contributed by atoms with van der Waals surface area (Å²) in [5.41, 5.74) is 7.39. The molecule has 0 unspecified atom stereocenters. The molecule has 5 N–H and O–H groups in total. The standard InChI is InChI=1S/C23H22N8O5S2/c1-11-25-12-5-7-30(8-13(12)26-11)6-3-4-16-19(22(34)35)31-15(10-37-16)18(21(31)33)28-20(32)17(29-36-2)14-9-38-23(24)27-14/h3-5,7-9,15,18H,6,10H2,1-2H3,(H4,24,27,28,32,34,35)/p+1/t15-,18+/m1/s1. The van der Waals surface area contributed by atoms with Gasteiger partial charge in [-0.1, -0.05) is 5.16 Å². The number of carbonyl (C=O) groups is 3. The first kappa shape index (κ1) is 25.4. The first-order valence-electron chi connectivity index (χ1n) is 11.4. The number of aryl methyl sites for hydroxylation is 1. The number of nitrogens with two attached hydrogens (primary N) is 1. The van der Waals surface area contributed by atoms with Gasteiger partial charge in [-0.05, 0) is 19.1 Å². The number of carboxylic acid groups (broad SMARTS) is 1. The van der Waals surface area contributed by atoms with Crippen molar-refractivity contribution >= 4 is 62.8 Å². The molecule has 2 aliphatic rings. The SMILES string of the molecule is CON=C(C(=O)N[C@@H]1C(=O)N2C(C(=O)O)=C(C=CC[n+]3ccc4nc(C)[nH]c4c3)SC[C@H]12)c1csc(N)n1. The number of thiazole rings is 1. The summed E-state index contributed by atoms with van der Waals surface area (Å²) in [5.74, 6) is -1.19. The smallest absolute Gasteiger partial charge is 0.353 e. The monoisotopic (exact) mass is 555 g/mol. The van der Waals surface area contributed by atoms with Crippen molar-refractivity contribution in [3.05, 3.63) is 58.1 Å². The van der Waals surface area contributed by atoms with E-state index in [-0.39, 0.29) is 22.2 Å². The molecule has 3 aromatic heterocycles. The molecule has 196 valence electrons. The van der Waals surface area contributed by atoms with Crippen LogP contribution in [0.15, 0.2) is 51.8 Å². The second kappa shape index (κ2) is 10.3. The molecule has 0 aliphatic carbocycles.